The van der Waals surface area contributed by atoms with E-state index in [1.807, 2.05) is 16.8 Å². The minimum atomic E-state index is 1.14. The van der Waals surface area contributed by atoms with Gasteiger partial charge in [-0.25, -0.2) is 0 Å². The molecule has 1 heterocycles. The van der Waals surface area contributed by atoms with Gasteiger partial charge in [0, 0.05) is 7.11 Å². The Labute approximate surface area is 52.9 Å². The maximum absolute atomic E-state index is 4.77. The Morgan fingerprint density at radius 2 is 2.62 bits per heavy atom. The van der Waals surface area contributed by atoms with Gasteiger partial charge >= 0.3 is 0 Å². The predicted molar refractivity (Wildman–Crippen MR) is 34.7 cm³/mol. The molecule has 0 aliphatic carbocycles. The minimum Gasteiger partial charge on any atom is -0.374 e. The zero-order valence-electron chi connectivity index (χ0n) is 4.63. The molecule has 0 amide bonds. The standard InChI is InChI=1S/C6H7OS/c1-7-4-6-2-3-8-5-6/h2-5H,1H3. The largest absolute Gasteiger partial charge is 0.374 e. The van der Waals surface area contributed by atoms with Crippen LogP contribution in [-0.4, -0.2) is 7.11 Å². The molecule has 2 heteroatoms. The second kappa shape index (κ2) is 2.84. The van der Waals surface area contributed by atoms with Gasteiger partial charge in [0.05, 0.1) is 0 Å². The van der Waals surface area contributed by atoms with E-state index in [4.69, 9.17) is 4.74 Å². The number of ether oxygens (including phenoxy) is 1. The number of rotatable bonds is 2. The van der Waals surface area contributed by atoms with Crippen molar-refractivity contribution in [2.24, 2.45) is 0 Å². The van der Waals surface area contributed by atoms with Gasteiger partial charge in [0.2, 0.25) is 0 Å². The number of thiophene rings is 1. The average molecular weight is 127 g/mol. The van der Waals surface area contributed by atoms with Crippen molar-refractivity contribution in [1.82, 2.24) is 0 Å². The molecule has 0 spiro atoms. The summed E-state index contributed by atoms with van der Waals surface area (Å²) >= 11 is 1.67. The van der Waals surface area contributed by atoms with E-state index in [9.17, 15) is 0 Å². The van der Waals surface area contributed by atoms with Gasteiger partial charge in [0.15, 0.2) is 0 Å². The van der Waals surface area contributed by atoms with E-state index in [1.54, 1.807) is 25.1 Å². The zero-order valence-corrected chi connectivity index (χ0v) is 5.44. The molecule has 1 aromatic rings. The molecule has 8 heavy (non-hydrogen) atoms. The van der Waals surface area contributed by atoms with Gasteiger partial charge in [-0.05, 0) is 22.4 Å². The first-order chi connectivity index (χ1) is 3.93. The number of hydrogen-bond donors (Lipinski definition) is 0. The molecule has 0 aliphatic rings. The lowest BCUT2D eigenvalue weighted by atomic mass is 10.4. The van der Waals surface area contributed by atoms with Gasteiger partial charge in [-0.15, -0.1) is 0 Å². The van der Waals surface area contributed by atoms with E-state index in [-0.39, 0.29) is 0 Å². The molecule has 1 aromatic heterocycles. The lowest BCUT2D eigenvalue weighted by Gasteiger charge is -1.87. The lowest BCUT2D eigenvalue weighted by Crippen LogP contribution is -1.76. The number of methoxy groups -OCH3 is 1. The van der Waals surface area contributed by atoms with Crippen LogP contribution in [0.4, 0.5) is 0 Å². The fourth-order valence-electron chi connectivity index (χ4n) is 0.478. The molecule has 43 valence electrons. The van der Waals surface area contributed by atoms with Crippen molar-refractivity contribution in [1.29, 1.82) is 0 Å². The van der Waals surface area contributed by atoms with Crippen molar-refractivity contribution in [2.45, 2.75) is 0 Å². The highest BCUT2D eigenvalue weighted by atomic mass is 32.1. The Morgan fingerprint density at radius 1 is 1.75 bits per heavy atom. The zero-order chi connectivity index (χ0) is 5.82. The van der Waals surface area contributed by atoms with Crippen LogP contribution in [0.1, 0.15) is 5.56 Å². The molecule has 0 N–H and O–H groups in total. The molecular weight excluding hydrogens is 120 g/mol. The molecule has 0 saturated carbocycles. The fourth-order valence-corrected chi connectivity index (χ4v) is 1.08. The third-order valence-corrected chi connectivity index (χ3v) is 1.50. The monoisotopic (exact) mass is 127 g/mol. The molecule has 0 aliphatic heterocycles. The van der Waals surface area contributed by atoms with Crippen molar-refractivity contribution in [3.8, 4) is 0 Å². The van der Waals surface area contributed by atoms with Crippen LogP contribution in [0.3, 0.4) is 0 Å². The second-order valence-corrected chi connectivity index (χ2v) is 2.19. The Bertz CT molecular complexity index is 134. The van der Waals surface area contributed by atoms with Gasteiger partial charge in [-0.3, -0.25) is 0 Å². The highest BCUT2D eigenvalue weighted by Crippen LogP contribution is 2.07. The third kappa shape index (κ3) is 1.32. The quantitative estimate of drug-likeness (QED) is 0.589. The van der Waals surface area contributed by atoms with Gasteiger partial charge < -0.3 is 4.74 Å². The highest BCUT2D eigenvalue weighted by molar-refractivity contribution is 7.08. The van der Waals surface area contributed by atoms with E-state index in [2.05, 4.69) is 0 Å². The molecule has 1 radical (unpaired) electrons. The SMILES string of the molecule is CO[CH]c1ccsc1. The summed E-state index contributed by atoms with van der Waals surface area (Å²) in [7, 11) is 1.65. The van der Waals surface area contributed by atoms with Crippen LogP contribution in [0, 0.1) is 6.61 Å². The second-order valence-electron chi connectivity index (χ2n) is 1.41. The van der Waals surface area contributed by atoms with Crippen LogP contribution in [0.15, 0.2) is 16.8 Å². The summed E-state index contributed by atoms with van der Waals surface area (Å²) < 4.78 is 4.77. The topological polar surface area (TPSA) is 9.23 Å². The van der Waals surface area contributed by atoms with Crippen molar-refractivity contribution in [2.75, 3.05) is 7.11 Å². The summed E-state index contributed by atoms with van der Waals surface area (Å²) in [5.41, 5.74) is 1.14. The third-order valence-electron chi connectivity index (χ3n) is 0.797. The van der Waals surface area contributed by atoms with Gasteiger partial charge in [-0.2, -0.15) is 11.3 Å². The summed E-state index contributed by atoms with van der Waals surface area (Å²) in [5.74, 6) is 0. The predicted octanol–water partition coefficient (Wildman–Crippen LogP) is 1.90. The van der Waals surface area contributed by atoms with Crippen LogP contribution in [0.2, 0.25) is 0 Å². The average Bonchev–Trinajstić information content (AvgIpc) is 2.19. The molecule has 0 unspecified atom stereocenters. The van der Waals surface area contributed by atoms with Crippen LogP contribution in [0.25, 0.3) is 0 Å². The maximum atomic E-state index is 4.77. The fraction of sp³-hybridized carbons (Fsp3) is 0.167. The Kier molecular flexibility index (Phi) is 2.06. The first-order valence-electron chi connectivity index (χ1n) is 2.31. The van der Waals surface area contributed by atoms with E-state index < -0.39 is 0 Å². The van der Waals surface area contributed by atoms with Gasteiger partial charge in [-0.1, -0.05) is 0 Å². The smallest absolute Gasteiger partial charge is 0.113 e. The summed E-state index contributed by atoms with van der Waals surface area (Å²) in [4.78, 5) is 0. The van der Waals surface area contributed by atoms with E-state index in [0.717, 1.165) is 5.56 Å². The normalized spacial score (nSPS) is 9.62. The molecule has 0 aromatic carbocycles. The highest BCUT2D eigenvalue weighted by Gasteiger charge is 1.87. The first kappa shape index (κ1) is 5.79. The minimum absolute atomic E-state index is 1.14. The van der Waals surface area contributed by atoms with Crippen LogP contribution in [-0.2, 0) is 4.74 Å². The summed E-state index contributed by atoms with van der Waals surface area (Å²) in [6, 6.07) is 2.01. The molecule has 1 rings (SSSR count). The van der Waals surface area contributed by atoms with E-state index in [1.165, 1.54) is 0 Å². The van der Waals surface area contributed by atoms with Gasteiger partial charge in [0.25, 0.3) is 0 Å². The van der Waals surface area contributed by atoms with Crippen LogP contribution < -0.4 is 0 Å². The Hall–Kier alpha value is -0.340. The Morgan fingerprint density at radius 3 is 3.12 bits per heavy atom. The van der Waals surface area contributed by atoms with Gasteiger partial charge in [0.1, 0.15) is 6.61 Å². The first-order valence-corrected chi connectivity index (χ1v) is 3.26. The van der Waals surface area contributed by atoms with Crippen LogP contribution >= 0.6 is 11.3 Å². The van der Waals surface area contributed by atoms with Crippen molar-refractivity contribution in [3.63, 3.8) is 0 Å². The van der Waals surface area contributed by atoms with Crippen LogP contribution in [0.5, 0.6) is 0 Å². The van der Waals surface area contributed by atoms with Crippen molar-refractivity contribution in [3.05, 3.63) is 29.0 Å². The number of hydrogen-bond acceptors (Lipinski definition) is 2. The summed E-state index contributed by atoms with van der Waals surface area (Å²) in [6.07, 6.45) is 0. The molecular formula is C6H7OS. The van der Waals surface area contributed by atoms with Crippen molar-refractivity contribution >= 4 is 11.3 Å². The van der Waals surface area contributed by atoms with E-state index in [0.29, 0.717) is 0 Å². The van der Waals surface area contributed by atoms with Crippen molar-refractivity contribution < 1.29 is 4.74 Å². The summed E-state index contributed by atoms with van der Waals surface area (Å²) in [5, 5.41) is 4.05. The molecule has 0 fully saturated rings. The molecule has 0 saturated heterocycles. The molecule has 0 atom stereocenters. The lowest BCUT2D eigenvalue weighted by molar-refractivity contribution is 0.293. The molecule has 1 nitrogen and oxygen atoms in total. The van der Waals surface area contributed by atoms with E-state index >= 15 is 0 Å². The molecule has 0 bridgehead atoms. The summed E-state index contributed by atoms with van der Waals surface area (Å²) in [6.45, 7) is 1.72. The Balaban J connectivity index is 2.50. The maximum Gasteiger partial charge on any atom is 0.113 e.